The molecule has 0 bridgehead atoms. The molecule has 2 aromatic rings. The Kier molecular flexibility index (Phi) is 6.01. The van der Waals surface area contributed by atoms with Gasteiger partial charge in [0.25, 0.3) is 0 Å². The zero-order valence-corrected chi connectivity index (χ0v) is 16.7. The quantitative estimate of drug-likeness (QED) is 0.829. The molecule has 0 aromatic heterocycles. The molecule has 1 aliphatic carbocycles. The van der Waals surface area contributed by atoms with Gasteiger partial charge in [0, 0.05) is 18.4 Å². The SMILES string of the molecule is CCOC1CC(N)(C(=O)NC(C)c2cccc3ccccc23)C1(C)C.Cl. The zero-order chi connectivity index (χ0) is 18.2. The maximum absolute atomic E-state index is 12.9. The number of benzene rings is 2. The van der Waals surface area contributed by atoms with Gasteiger partial charge in [-0.05, 0) is 30.2 Å². The molecule has 5 heteroatoms. The molecule has 3 N–H and O–H groups in total. The van der Waals surface area contributed by atoms with E-state index in [0.29, 0.717) is 13.0 Å². The summed E-state index contributed by atoms with van der Waals surface area (Å²) in [6.45, 7) is 8.64. The van der Waals surface area contributed by atoms with Gasteiger partial charge in [0.2, 0.25) is 5.91 Å². The van der Waals surface area contributed by atoms with Crippen LogP contribution in [-0.2, 0) is 9.53 Å². The van der Waals surface area contributed by atoms with Crippen LogP contribution >= 0.6 is 12.4 Å². The van der Waals surface area contributed by atoms with Gasteiger partial charge in [0.15, 0.2) is 0 Å². The first-order valence-electron chi connectivity index (χ1n) is 9.00. The number of carbonyl (C=O) groups is 1. The van der Waals surface area contributed by atoms with Crippen LogP contribution in [0, 0.1) is 5.41 Å². The molecule has 142 valence electrons. The molecule has 0 spiro atoms. The van der Waals surface area contributed by atoms with Gasteiger partial charge in [-0.15, -0.1) is 12.4 Å². The molecule has 4 nitrogen and oxygen atoms in total. The van der Waals surface area contributed by atoms with Crippen LogP contribution in [0.2, 0.25) is 0 Å². The van der Waals surface area contributed by atoms with E-state index >= 15 is 0 Å². The number of ether oxygens (including phenoxy) is 1. The van der Waals surface area contributed by atoms with Crippen molar-refractivity contribution in [2.24, 2.45) is 11.1 Å². The van der Waals surface area contributed by atoms with Crippen molar-refractivity contribution in [3.63, 3.8) is 0 Å². The second kappa shape index (κ2) is 7.55. The maximum Gasteiger partial charge on any atom is 0.241 e. The third kappa shape index (κ3) is 3.22. The van der Waals surface area contributed by atoms with Crippen molar-refractivity contribution in [1.29, 1.82) is 0 Å². The molecule has 0 aliphatic heterocycles. The summed E-state index contributed by atoms with van der Waals surface area (Å²) in [5, 5.41) is 5.46. The Morgan fingerprint density at radius 3 is 2.58 bits per heavy atom. The second-order valence-corrected chi connectivity index (χ2v) is 7.60. The highest BCUT2D eigenvalue weighted by atomic mass is 35.5. The summed E-state index contributed by atoms with van der Waals surface area (Å²) in [6.07, 6.45) is 0.586. The van der Waals surface area contributed by atoms with E-state index in [0.717, 1.165) is 10.9 Å². The van der Waals surface area contributed by atoms with Crippen LogP contribution < -0.4 is 11.1 Å². The van der Waals surface area contributed by atoms with Gasteiger partial charge in [-0.3, -0.25) is 4.79 Å². The molecule has 2 aromatic carbocycles. The first-order chi connectivity index (χ1) is 11.8. The lowest BCUT2D eigenvalue weighted by Crippen LogP contribution is -2.75. The van der Waals surface area contributed by atoms with E-state index in [1.807, 2.05) is 45.9 Å². The first kappa shape index (κ1) is 20.7. The predicted molar refractivity (Wildman–Crippen MR) is 108 cm³/mol. The van der Waals surface area contributed by atoms with Gasteiger partial charge in [-0.2, -0.15) is 0 Å². The van der Waals surface area contributed by atoms with Crippen LogP contribution in [0.4, 0.5) is 0 Å². The summed E-state index contributed by atoms with van der Waals surface area (Å²) in [5.74, 6) is -0.103. The summed E-state index contributed by atoms with van der Waals surface area (Å²) >= 11 is 0. The molecule has 1 saturated carbocycles. The highest BCUT2D eigenvalue weighted by Gasteiger charge is 2.62. The van der Waals surface area contributed by atoms with E-state index in [-0.39, 0.29) is 35.9 Å². The monoisotopic (exact) mass is 376 g/mol. The van der Waals surface area contributed by atoms with Crippen molar-refractivity contribution >= 4 is 29.1 Å². The topological polar surface area (TPSA) is 64.3 Å². The van der Waals surface area contributed by atoms with E-state index in [2.05, 4.69) is 29.6 Å². The minimum Gasteiger partial charge on any atom is -0.378 e. The Labute approximate surface area is 161 Å². The molecule has 3 unspecified atom stereocenters. The Bertz CT molecular complexity index is 787. The number of nitrogens with two attached hydrogens (primary N) is 1. The Morgan fingerprint density at radius 1 is 1.27 bits per heavy atom. The summed E-state index contributed by atoms with van der Waals surface area (Å²) in [5.41, 5.74) is 6.32. The fourth-order valence-electron chi connectivity index (χ4n) is 3.85. The lowest BCUT2D eigenvalue weighted by Gasteiger charge is -2.57. The van der Waals surface area contributed by atoms with Crippen molar-refractivity contribution in [2.75, 3.05) is 6.61 Å². The summed E-state index contributed by atoms with van der Waals surface area (Å²) in [6, 6.07) is 14.3. The van der Waals surface area contributed by atoms with E-state index in [4.69, 9.17) is 10.5 Å². The standard InChI is InChI=1S/C21H28N2O2.ClH/c1-5-25-18-13-21(22,20(18,3)4)19(24)23-14(2)16-12-8-10-15-9-6-7-11-17(15)16;/h6-12,14,18H,5,13,22H2,1-4H3,(H,23,24);1H. The van der Waals surface area contributed by atoms with Gasteiger partial charge in [0.1, 0.15) is 5.54 Å². The van der Waals surface area contributed by atoms with Crippen LogP contribution in [0.3, 0.4) is 0 Å². The zero-order valence-electron chi connectivity index (χ0n) is 15.9. The molecule has 1 fully saturated rings. The number of nitrogens with one attached hydrogen (secondary N) is 1. The van der Waals surface area contributed by atoms with Gasteiger partial charge >= 0.3 is 0 Å². The van der Waals surface area contributed by atoms with Crippen LogP contribution in [0.5, 0.6) is 0 Å². The molecule has 1 aliphatic rings. The van der Waals surface area contributed by atoms with Crippen LogP contribution in [0.25, 0.3) is 10.8 Å². The summed E-state index contributed by atoms with van der Waals surface area (Å²) in [7, 11) is 0. The second-order valence-electron chi connectivity index (χ2n) is 7.60. The summed E-state index contributed by atoms with van der Waals surface area (Å²) < 4.78 is 5.73. The molecule has 1 amide bonds. The molecular weight excluding hydrogens is 348 g/mol. The highest BCUT2D eigenvalue weighted by Crippen LogP contribution is 2.50. The normalized spacial score (nSPS) is 25.0. The van der Waals surface area contributed by atoms with Crippen molar-refractivity contribution in [1.82, 2.24) is 5.32 Å². The third-order valence-electron chi connectivity index (χ3n) is 5.87. The smallest absolute Gasteiger partial charge is 0.241 e. The van der Waals surface area contributed by atoms with Gasteiger partial charge in [-0.25, -0.2) is 0 Å². The lowest BCUT2D eigenvalue weighted by molar-refractivity contribution is -0.171. The minimum absolute atomic E-state index is 0. The Balaban J connectivity index is 0.00000243. The van der Waals surface area contributed by atoms with Crippen LogP contribution in [-0.4, -0.2) is 24.2 Å². The highest BCUT2D eigenvalue weighted by molar-refractivity contribution is 5.90. The minimum atomic E-state index is -0.897. The first-order valence-corrected chi connectivity index (χ1v) is 9.00. The molecule has 26 heavy (non-hydrogen) atoms. The number of carbonyl (C=O) groups excluding carboxylic acids is 1. The maximum atomic E-state index is 12.9. The number of hydrogen-bond acceptors (Lipinski definition) is 3. The molecule has 0 saturated heterocycles. The average Bonchev–Trinajstić information content (AvgIpc) is 2.60. The number of amides is 1. The fraction of sp³-hybridized carbons (Fsp3) is 0.476. The molecule has 0 heterocycles. The molecule has 3 atom stereocenters. The fourth-order valence-corrected chi connectivity index (χ4v) is 3.85. The van der Waals surface area contributed by atoms with Crippen molar-refractivity contribution in [2.45, 2.75) is 51.8 Å². The van der Waals surface area contributed by atoms with Crippen molar-refractivity contribution in [3.8, 4) is 0 Å². The third-order valence-corrected chi connectivity index (χ3v) is 5.87. The number of fused-ring (bicyclic) bond motifs is 1. The molecule has 0 radical (unpaired) electrons. The van der Waals surface area contributed by atoms with E-state index in [1.54, 1.807) is 0 Å². The molecular formula is C21H29ClN2O2. The van der Waals surface area contributed by atoms with E-state index in [1.165, 1.54) is 5.39 Å². The number of hydrogen-bond donors (Lipinski definition) is 2. The van der Waals surface area contributed by atoms with Crippen molar-refractivity contribution < 1.29 is 9.53 Å². The Hall–Kier alpha value is -1.62. The van der Waals surface area contributed by atoms with Crippen LogP contribution in [0.15, 0.2) is 42.5 Å². The Morgan fingerprint density at radius 2 is 1.92 bits per heavy atom. The van der Waals surface area contributed by atoms with E-state index < -0.39 is 5.54 Å². The van der Waals surface area contributed by atoms with Gasteiger partial charge in [0.05, 0.1) is 12.1 Å². The predicted octanol–water partition coefficient (Wildman–Crippen LogP) is 3.97. The van der Waals surface area contributed by atoms with Crippen LogP contribution in [0.1, 0.15) is 45.7 Å². The van der Waals surface area contributed by atoms with Crippen molar-refractivity contribution in [3.05, 3.63) is 48.0 Å². The van der Waals surface area contributed by atoms with Gasteiger partial charge in [-0.1, -0.05) is 56.3 Å². The summed E-state index contributed by atoms with van der Waals surface area (Å²) in [4.78, 5) is 12.9. The number of halogens is 1. The van der Waals surface area contributed by atoms with Gasteiger partial charge < -0.3 is 15.8 Å². The number of rotatable bonds is 5. The lowest BCUT2D eigenvalue weighted by atomic mass is 9.54. The molecule has 3 rings (SSSR count). The largest absolute Gasteiger partial charge is 0.378 e. The average molecular weight is 377 g/mol. The van der Waals surface area contributed by atoms with E-state index in [9.17, 15) is 4.79 Å².